The van der Waals surface area contributed by atoms with Crippen molar-refractivity contribution < 1.29 is 9.84 Å². The van der Waals surface area contributed by atoms with Gasteiger partial charge in [0.2, 0.25) is 0 Å². The number of fused-ring (bicyclic) bond motifs is 1. The van der Waals surface area contributed by atoms with E-state index in [1.54, 1.807) is 0 Å². The quantitative estimate of drug-likeness (QED) is 0.936. The molecule has 2 aromatic rings. The second kappa shape index (κ2) is 5.93. The van der Waals surface area contributed by atoms with E-state index >= 15 is 0 Å². The fourth-order valence-corrected chi connectivity index (χ4v) is 3.29. The highest BCUT2D eigenvalue weighted by Crippen LogP contribution is 2.28. The van der Waals surface area contributed by atoms with Crippen LogP contribution in [0.2, 0.25) is 5.02 Å². The maximum absolute atomic E-state index is 10.0. The van der Waals surface area contributed by atoms with Crippen molar-refractivity contribution in [3.05, 3.63) is 28.9 Å². The molecule has 1 saturated heterocycles. The van der Waals surface area contributed by atoms with Crippen molar-refractivity contribution in [1.82, 2.24) is 14.7 Å². The summed E-state index contributed by atoms with van der Waals surface area (Å²) in [5.74, 6) is 0. The third-order valence-electron chi connectivity index (χ3n) is 3.97. The molecule has 6 heteroatoms. The van der Waals surface area contributed by atoms with Crippen LogP contribution in [0.1, 0.15) is 12.6 Å². The molecule has 0 unspecified atom stereocenters. The lowest BCUT2D eigenvalue weighted by atomic mass is 10.2. The number of rotatable bonds is 4. The first-order valence-corrected chi connectivity index (χ1v) is 7.60. The highest BCUT2D eigenvalue weighted by atomic mass is 35.5. The van der Waals surface area contributed by atoms with Crippen LogP contribution in [0.3, 0.4) is 0 Å². The largest absolute Gasteiger partial charge is 0.389 e. The molecular weight excluding hydrogens is 290 g/mol. The Morgan fingerprint density at radius 2 is 2.24 bits per heavy atom. The van der Waals surface area contributed by atoms with Gasteiger partial charge in [-0.25, -0.2) is 0 Å². The van der Waals surface area contributed by atoms with E-state index in [0.717, 1.165) is 28.2 Å². The molecule has 5 nitrogen and oxygen atoms in total. The Balaban J connectivity index is 1.83. The van der Waals surface area contributed by atoms with Gasteiger partial charge in [0.1, 0.15) is 0 Å². The zero-order chi connectivity index (χ0) is 15.0. The summed E-state index contributed by atoms with van der Waals surface area (Å²) in [6.07, 6.45) is -0.546. The highest BCUT2D eigenvalue weighted by Gasteiger charge is 2.32. The Kier molecular flexibility index (Phi) is 4.17. The van der Waals surface area contributed by atoms with E-state index in [-0.39, 0.29) is 6.10 Å². The molecular formula is C15H20ClN3O2. The summed E-state index contributed by atoms with van der Waals surface area (Å²) < 4.78 is 7.41. The lowest BCUT2D eigenvalue weighted by molar-refractivity contribution is -0.00245. The Morgan fingerprint density at radius 1 is 1.43 bits per heavy atom. The fourth-order valence-electron chi connectivity index (χ4n) is 3.02. The van der Waals surface area contributed by atoms with Crippen LogP contribution in [0.15, 0.2) is 18.2 Å². The minimum Gasteiger partial charge on any atom is -0.389 e. The topological polar surface area (TPSA) is 50.5 Å². The van der Waals surface area contributed by atoms with Gasteiger partial charge in [-0.2, -0.15) is 5.10 Å². The highest BCUT2D eigenvalue weighted by molar-refractivity contribution is 6.35. The van der Waals surface area contributed by atoms with Crippen molar-refractivity contribution in [1.29, 1.82) is 0 Å². The van der Waals surface area contributed by atoms with Gasteiger partial charge in [0.15, 0.2) is 0 Å². The van der Waals surface area contributed by atoms with Crippen LogP contribution in [0.5, 0.6) is 0 Å². The van der Waals surface area contributed by atoms with E-state index in [2.05, 4.69) is 10.00 Å². The molecule has 2 heterocycles. The summed E-state index contributed by atoms with van der Waals surface area (Å²) in [5, 5.41) is 16.3. The van der Waals surface area contributed by atoms with Gasteiger partial charge in [-0.15, -0.1) is 0 Å². The Bertz CT molecular complexity index is 643. The lowest BCUT2D eigenvalue weighted by Crippen LogP contribution is -2.26. The molecule has 1 aliphatic rings. The Labute approximate surface area is 129 Å². The lowest BCUT2D eigenvalue weighted by Gasteiger charge is -2.14. The first kappa shape index (κ1) is 14.8. The number of aryl methyl sites for hydroxylation is 1. The SMILES string of the molecule is CCO[C@@H]1CN(Cc2nn(C)c3cccc(Cl)c23)C[C@H]1O. The first-order chi connectivity index (χ1) is 10.1. The number of aromatic nitrogens is 2. The molecule has 0 bridgehead atoms. The van der Waals surface area contributed by atoms with Crippen LogP contribution in [-0.2, 0) is 18.3 Å². The molecule has 1 N–H and O–H groups in total. The number of ether oxygens (including phenoxy) is 1. The zero-order valence-electron chi connectivity index (χ0n) is 12.3. The van der Waals surface area contributed by atoms with E-state index < -0.39 is 6.10 Å². The van der Waals surface area contributed by atoms with Gasteiger partial charge in [0, 0.05) is 38.7 Å². The average Bonchev–Trinajstić information content (AvgIpc) is 2.93. The van der Waals surface area contributed by atoms with Gasteiger partial charge < -0.3 is 9.84 Å². The molecule has 0 spiro atoms. The maximum Gasteiger partial charge on any atom is 0.0972 e. The van der Waals surface area contributed by atoms with Gasteiger partial charge in [-0.05, 0) is 19.1 Å². The zero-order valence-corrected chi connectivity index (χ0v) is 13.0. The van der Waals surface area contributed by atoms with Crippen LogP contribution in [0.25, 0.3) is 10.9 Å². The maximum atomic E-state index is 10.0. The fraction of sp³-hybridized carbons (Fsp3) is 0.533. The predicted octanol–water partition coefficient (Wildman–Crippen LogP) is 1.81. The van der Waals surface area contributed by atoms with Crippen molar-refractivity contribution in [3.8, 4) is 0 Å². The smallest absolute Gasteiger partial charge is 0.0972 e. The van der Waals surface area contributed by atoms with Crippen molar-refractivity contribution in [3.63, 3.8) is 0 Å². The minimum atomic E-state index is -0.435. The number of aliphatic hydroxyl groups excluding tert-OH is 1. The molecule has 0 aliphatic carbocycles. The van der Waals surface area contributed by atoms with Crippen LogP contribution >= 0.6 is 11.6 Å². The van der Waals surface area contributed by atoms with Crippen LogP contribution in [0.4, 0.5) is 0 Å². The van der Waals surface area contributed by atoms with Crippen molar-refractivity contribution >= 4 is 22.5 Å². The first-order valence-electron chi connectivity index (χ1n) is 7.22. The van der Waals surface area contributed by atoms with E-state index in [0.29, 0.717) is 19.7 Å². The third-order valence-corrected chi connectivity index (χ3v) is 4.28. The Hall–Kier alpha value is -1.14. The summed E-state index contributed by atoms with van der Waals surface area (Å²) in [5.41, 5.74) is 1.97. The summed E-state index contributed by atoms with van der Waals surface area (Å²) >= 11 is 6.32. The summed E-state index contributed by atoms with van der Waals surface area (Å²) in [4.78, 5) is 2.16. The molecule has 1 aliphatic heterocycles. The van der Waals surface area contributed by atoms with Gasteiger partial charge in [-0.1, -0.05) is 17.7 Å². The summed E-state index contributed by atoms with van der Waals surface area (Å²) in [6.45, 7) is 4.56. The van der Waals surface area contributed by atoms with Gasteiger partial charge in [-0.3, -0.25) is 9.58 Å². The average molecular weight is 310 g/mol. The number of hydrogen-bond acceptors (Lipinski definition) is 4. The molecule has 0 radical (unpaired) electrons. The second-order valence-electron chi connectivity index (χ2n) is 5.46. The van der Waals surface area contributed by atoms with E-state index in [1.807, 2.05) is 36.9 Å². The van der Waals surface area contributed by atoms with E-state index in [9.17, 15) is 5.11 Å². The number of likely N-dealkylation sites (tertiary alicyclic amines) is 1. The molecule has 21 heavy (non-hydrogen) atoms. The van der Waals surface area contributed by atoms with Crippen LogP contribution in [0, 0.1) is 0 Å². The van der Waals surface area contributed by atoms with Gasteiger partial charge in [0.25, 0.3) is 0 Å². The molecule has 114 valence electrons. The van der Waals surface area contributed by atoms with E-state index in [4.69, 9.17) is 16.3 Å². The van der Waals surface area contributed by atoms with Crippen molar-refractivity contribution in [2.24, 2.45) is 7.05 Å². The minimum absolute atomic E-state index is 0.111. The normalized spacial score (nSPS) is 23.2. The molecule has 1 aromatic carbocycles. The van der Waals surface area contributed by atoms with Crippen LogP contribution in [-0.4, -0.2) is 51.7 Å². The standard InChI is InChI=1S/C15H20ClN3O2/c1-3-21-14-9-19(8-13(14)20)7-11-15-10(16)5-4-6-12(15)18(2)17-11/h4-6,13-14,20H,3,7-9H2,1-2H3/t13-,14-/m1/s1. The number of nitrogens with zero attached hydrogens (tertiary/aromatic N) is 3. The third kappa shape index (κ3) is 2.79. The van der Waals surface area contributed by atoms with Gasteiger partial charge >= 0.3 is 0 Å². The predicted molar refractivity (Wildman–Crippen MR) is 82.4 cm³/mol. The van der Waals surface area contributed by atoms with E-state index in [1.165, 1.54) is 0 Å². The number of halogens is 1. The molecule has 2 atom stereocenters. The molecule has 0 amide bonds. The molecule has 1 fully saturated rings. The number of β-amino-alcohol motifs (C(OH)–C–C–N with tert-alkyl or cyclic N) is 1. The molecule has 1 aromatic heterocycles. The number of benzene rings is 1. The monoisotopic (exact) mass is 309 g/mol. The second-order valence-corrected chi connectivity index (χ2v) is 5.87. The Morgan fingerprint density at radius 3 is 3.00 bits per heavy atom. The number of hydrogen-bond donors (Lipinski definition) is 1. The van der Waals surface area contributed by atoms with Crippen LogP contribution < -0.4 is 0 Å². The van der Waals surface area contributed by atoms with Crippen molar-refractivity contribution in [2.45, 2.75) is 25.7 Å². The molecule has 3 rings (SSSR count). The molecule has 0 saturated carbocycles. The van der Waals surface area contributed by atoms with Gasteiger partial charge in [0.05, 0.1) is 28.4 Å². The summed E-state index contributed by atoms with van der Waals surface area (Å²) in [6, 6.07) is 5.83. The van der Waals surface area contributed by atoms with Crippen molar-refractivity contribution in [2.75, 3.05) is 19.7 Å². The number of aliphatic hydroxyl groups is 1. The summed E-state index contributed by atoms with van der Waals surface area (Å²) in [7, 11) is 1.92.